The summed E-state index contributed by atoms with van der Waals surface area (Å²) >= 11 is 5.87. The Morgan fingerprint density at radius 2 is 2.14 bits per heavy atom. The lowest BCUT2D eigenvalue weighted by atomic mass is 10.2. The van der Waals surface area contributed by atoms with E-state index >= 15 is 0 Å². The van der Waals surface area contributed by atoms with Crippen molar-refractivity contribution >= 4 is 22.6 Å². The molecule has 2 aromatic rings. The van der Waals surface area contributed by atoms with Gasteiger partial charge in [-0.25, -0.2) is 4.98 Å². The van der Waals surface area contributed by atoms with Gasteiger partial charge in [0.2, 0.25) is 0 Å². The summed E-state index contributed by atoms with van der Waals surface area (Å²) in [5.74, 6) is 6.21. The molecule has 0 aromatic carbocycles. The van der Waals surface area contributed by atoms with Crippen LogP contribution in [-0.2, 0) is 0 Å². The van der Waals surface area contributed by atoms with Gasteiger partial charge in [0.15, 0.2) is 0 Å². The van der Waals surface area contributed by atoms with E-state index in [2.05, 4.69) is 28.4 Å². The summed E-state index contributed by atoms with van der Waals surface area (Å²) < 4.78 is 0. The van der Waals surface area contributed by atoms with Crippen LogP contribution in [0.1, 0.15) is 12.6 Å². The second-order valence-corrected chi connectivity index (χ2v) is 5.43. The Kier molecular flexibility index (Phi) is 5.08. The van der Waals surface area contributed by atoms with Crippen molar-refractivity contribution in [2.75, 3.05) is 14.1 Å². The minimum atomic E-state index is 0.468. The number of likely N-dealkylation sites (N-methyl/N-ethyl adjacent to an activating group) is 1. The van der Waals surface area contributed by atoms with E-state index in [-0.39, 0.29) is 0 Å². The Bertz CT molecular complexity index is 814. The fourth-order valence-corrected chi connectivity index (χ4v) is 2.01. The van der Waals surface area contributed by atoms with Crippen molar-refractivity contribution in [3.05, 3.63) is 65.1 Å². The van der Waals surface area contributed by atoms with Gasteiger partial charge in [0.05, 0.1) is 5.69 Å². The number of nitrogens with one attached hydrogen (secondary N) is 1. The van der Waals surface area contributed by atoms with E-state index < -0.39 is 0 Å². The summed E-state index contributed by atoms with van der Waals surface area (Å²) in [5.41, 5.74) is 3.56. The van der Waals surface area contributed by atoms with Crippen LogP contribution in [0, 0.1) is 11.8 Å². The molecule has 0 spiro atoms. The molecule has 0 unspecified atom stereocenters. The third-order valence-electron chi connectivity index (χ3n) is 3.07. The number of rotatable bonds is 3. The molecular weight excluding hydrogens is 294 g/mol. The third kappa shape index (κ3) is 4.03. The maximum Gasteiger partial charge on any atom is 0.140 e. The van der Waals surface area contributed by atoms with Crippen LogP contribution in [0.2, 0.25) is 5.15 Å². The van der Waals surface area contributed by atoms with Crippen molar-refractivity contribution in [3.63, 3.8) is 0 Å². The quantitative estimate of drug-likeness (QED) is 0.525. The highest BCUT2D eigenvalue weighted by Crippen LogP contribution is 2.15. The number of hydrogen-bond acceptors (Lipinski definition) is 2. The molecule has 0 atom stereocenters. The summed E-state index contributed by atoms with van der Waals surface area (Å²) in [6, 6.07) is 5.65. The fraction of sp³-hybridized carbons (Fsp3) is 0.167. The zero-order valence-electron chi connectivity index (χ0n) is 12.9. The first-order chi connectivity index (χ1) is 10.5. The summed E-state index contributed by atoms with van der Waals surface area (Å²) in [6.45, 7) is 5.76. The Balaban J connectivity index is 2.22. The maximum absolute atomic E-state index is 5.87. The molecule has 112 valence electrons. The van der Waals surface area contributed by atoms with Crippen molar-refractivity contribution in [2.24, 2.45) is 0 Å². The summed E-state index contributed by atoms with van der Waals surface area (Å²) in [5, 5.41) is 1.47. The largest absolute Gasteiger partial charge is 0.378 e. The lowest BCUT2D eigenvalue weighted by molar-refractivity contribution is 0.530. The Hall–Kier alpha value is -2.44. The molecule has 0 aliphatic heterocycles. The van der Waals surface area contributed by atoms with Crippen molar-refractivity contribution < 1.29 is 0 Å². The monoisotopic (exact) mass is 311 g/mol. The van der Waals surface area contributed by atoms with Crippen molar-refractivity contribution in [3.8, 4) is 11.8 Å². The van der Waals surface area contributed by atoms with E-state index in [4.69, 9.17) is 11.6 Å². The second kappa shape index (κ2) is 7.02. The van der Waals surface area contributed by atoms with Crippen LogP contribution in [0.4, 0.5) is 0 Å². The van der Waals surface area contributed by atoms with E-state index in [0.717, 1.165) is 28.0 Å². The average Bonchev–Trinajstić information content (AvgIpc) is 2.87. The highest BCUT2D eigenvalue weighted by Gasteiger charge is 2.00. The zero-order valence-corrected chi connectivity index (χ0v) is 13.7. The Morgan fingerprint density at radius 1 is 1.36 bits per heavy atom. The van der Waals surface area contributed by atoms with E-state index in [0.29, 0.717) is 5.15 Å². The first-order valence-corrected chi connectivity index (χ1v) is 7.23. The van der Waals surface area contributed by atoms with Crippen molar-refractivity contribution in [2.45, 2.75) is 6.92 Å². The first kappa shape index (κ1) is 15.9. The van der Waals surface area contributed by atoms with Gasteiger partial charge in [-0.3, -0.25) is 0 Å². The smallest absolute Gasteiger partial charge is 0.140 e. The molecular formula is C18H18ClN3. The number of halogens is 1. The van der Waals surface area contributed by atoms with E-state index in [9.17, 15) is 0 Å². The molecule has 2 heterocycles. The van der Waals surface area contributed by atoms with Crippen molar-refractivity contribution in [1.82, 2.24) is 14.9 Å². The summed E-state index contributed by atoms with van der Waals surface area (Å²) in [7, 11) is 3.95. The topological polar surface area (TPSA) is 31.9 Å². The predicted octanol–water partition coefficient (Wildman–Crippen LogP) is 4.15. The van der Waals surface area contributed by atoms with Gasteiger partial charge in [-0.05, 0) is 54.8 Å². The molecule has 0 bridgehead atoms. The molecule has 0 amide bonds. The number of nitrogens with zero attached hydrogens (tertiary/aromatic N) is 2. The molecule has 3 nitrogen and oxygen atoms in total. The van der Waals surface area contributed by atoms with Crippen molar-refractivity contribution in [1.29, 1.82) is 0 Å². The molecule has 0 saturated heterocycles. The van der Waals surface area contributed by atoms with E-state index in [1.807, 2.05) is 56.3 Å². The number of hydrogen-bond donors (Lipinski definition) is 1. The number of pyridine rings is 1. The molecule has 2 aromatic heterocycles. The van der Waals surface area contributed by atoms with Gasteiger partial charge in [-0.15, -0.1) is 0 Å². The fourth-order valence-electron chi connectivity index (χ4n) is 1.87. The van der Waals surface area contributed by atoms with Gasteiger partial charge in [0.1, 0.15) is 10.8 Å². The molecule has 1 N–H and O–H groups in total. The van der Waals surface area contributed by atoms with Crippen LogP contribution in [-0.4, -0.2) is 29.0 Å². The maximum atomic E-state index is 5.87. The van der Waals surface area contributed by atoms with Gasteiger partial charge >= 0.3 is 0 Å². The summed E-state index contributed by atoms with van der Waals surface area (Å²) in [4.78, 5) is 9.36. The minimum absolute atomic E-state index is 0.468. The molecule has 0 saturated carbocycles. The van der Waals surface area contributed by atoms with E-state index in [1.165, 1.54) is 0 Å². The number of allylic oxidation sites excluding steroid dienone is 4. The van der Waals surface area contributed by atoms with Crippen LogP contribution >= 0.6 is 11.6 Å². The molecule has 22 heavy (non-hydrogen) atoms. The zero-order chi connectivity index (χ0) is 16.1. The average molecular weight is 312 g/mol. The summed E-state index contributed by atoms with van der Waals surface area (Å²) in [6.07, 6.45) is 5.77. The minimum Gasteiger partial charge on any atom is -0.378 e. The van der Waals surface area contributed by atoms with Crippen LogP contribution < -0.4 is 0 Å². The second-order valence-electron chi connectivity index (χ2n) is 5.04. The van der Waals surface area contributed by atoms with Gasteiger partial charge in [0, 0.05) is 25.2 Å². The van der Waals surface area contributed by atoms with Gasteiger partial charge in [0.25, 0.3) is 0 Å². The van der Waals surface area contributed by atoms with Crippen LogP contribution in [0.5, 0.6) is 0 Å². The normalized spacial score (nSPS) is 12.0. The lowest BCUT2D eigenvalue weighted by Crippen LogP contribution is -2.08. The molecule has 0 fully saturated rings. The number of aromatic nitrogens is 2. The molecule has 0 aliphatic carbocycles. The molecule has 0 aliphatic rings. The SMILES string of the molecule is C=C/C(=C\C=C(/C)C#Cc1cc2ccc(Cl)nc2[nH]1)N(C)C. The van der Waals surface area contributed by atoms with Gasteiger partial charge in [-0.2, -0.15) is 0 Å². The molecule has 2 rings (SSSR count). The standard InChI is InChI=1S/C18H18ClN3/c1-5-16(22(3)4)10-7-13(2)6-9-15-12-14-8-11-17(19)21-18(14)20-15/h5,7-8,10-12H,1H2,2-4H3,(H,20,21)/b13-7+,16-10+. The molecule has 4 heteroatoms. The number of aromatic amines is 1. The molecule has 0 radical (unpaired) electrons. The van der Waals surface area contributed by atoms with Crippen LogP contribution in [0.25, 0.3) is 11.0 Å². The van der Waals surface area contributed by atoms with E-state index in [1.54, 1.807) is 6.07 Å². The first-order valence-electron chi connectivity index (χ1n) is 6.85. The third-order valence-corrected chi connectivity index (χ3v) is 3.28. The highest BCUT2D eigenvalue weighted by molar-refractivity contribution is 6.29. The number of fused-ring (bicyclic) bond motifs is 1. The highest BCUT2D eigenvalue weighted by atomic mass is 35.5. The lowest BCUT2D eigenvalue weighted by Gasteiger charge is -2.11. The Labute approximate surface area is 136 Å². The van der Waals surface area contributed by atoms with Gasteiger partial charge in [-0.1, -0.05) is 24.1 Å². The predicted molar refractivity (Wildman–Crippen MR) is 93.7 cm³/mol. The Morgan fingerprint density at radius 3 is 2.82 bits per heavy atom. The number of H-pyrrole nitrogens is 1. The van der Waals surface area contributed by atoms with Crippen LogP contribution in [0.3, 0.4) is 0 Å². The van der Waals surface area contributed by atoms with Gasteiger partial charge < -0.3 is 9.88 Å². The van der Waals surface area contributed by atoms with Crippen LogP contribution in [0.15, 0.2) is 54.3 Å².